The Hall–Kier alpha value is -2.02. The molecule has 0 radical (unpaired) electrons. The summed E-state index contributed by atoms with van der Waals surface area (Å²) >= 11 is 1.48. The monoisotopic (exact) mass is 318 g/mol. The molecule has 2 aromatic rings. The second kappa shape index (κ2) is 6.00. The fourth-order valence-electron chi connectivity index (χ4n) is 2.61. The molecule has 2 N–H and O–H groups in total. The maximum absolute atomic E-state index is 12.1. The Morgan fingerprint density at radius 3 is 2.82 bits per heavy atom. The zero-order chi connectivity index (χ0) is 15.7. The quantitative estimate of drug-likeness (QED) is 0.850. The molecule has 3 rings (SSSR count). The van der Waals surface area contributed by atoms with Gasteiger partial charge in [0, 0.05) is 10.6 Å². The average Bonchev–Trinajstić information content (AvgIpc) is 3.06. The highest BCUT2D eigenvalue weighted by Gasteiger charge is 2.14. The molecule has 1 amide bonds. The third-order valence-corrected chi connectivity index (χ3v) is 5.04. The Morgan fingerprint density at radius 1 is 1.36 bits per heavy atom. The van der Waals surface area contributed by atoms with Crippen LogP contribution in [0, 0.1) is 13.8 Å². The summed E-state index contributed by atoms with van der Waals surface area (Å²) in [6, 6.07) is 0. The largest absolute Gasteiger partial charge is 0.309 e. The number of amides is 1. The highest BCUT2D eigenvalue weighted by molar-refractivity contribution is 7.18. The lowest BCUT2D eigenvalue weighted by Crippen LogP contribution is -2.23. The van der Waals surface area contributed by atoms with E-state index in [0.29, 0.717) is 16.0 Å². The molecule has 2 heterocycles. The number of hydrazone groups is 1. The number of thiophene rings is 1. The summed E-state index contributed by atoms with van der Waals surface area (Å²) < 4.78 is 0. The first-order valence-corrected chi connectivity index (χ1v) is 8.19. The van der Waals surface area contributed by atoms with Crippen LogP contribution in [0.1, 0.15) is 41.9 Å². The normalized spacial score (nSPS) is 14.5. The zero-order valence-electron chi connectivity index (χ0n) is 12.7. The Bertz CT molecular complexity index is 811. The summed E-state index contributed by atoms with van der Waals surface area (Å²) in [5.74, 6) is 0.120. The number of hydrogen-bond donors (Lipinski definition) is 2. The minimum atomic E-state index is -0.257. The van der Waals surface area contributed by atoms with Crippen molar-refractivity contribution < 1.29 is 4.79 Å². The summed E-state index contributed by atoms with van der Waals surface area (Å²) in [6.45, 7) is 3.88. The molecule has 2 aromatic heterocycles. The summed E-state index contributed by atoms with van der Waals surface area (Å²) in [5, 5.41) is 4.75. The number of nitrogens with one attached hydrogen (secondary N) is 2. The number of aromatic amines is 1. The molecule has 22 heavy (non-hydrogen) atoms. The zero-order valence-corrected chi connectivity index (χ0v) is 13.5. The van der Waals surface area contributed by atoms with Crippen LogP contribution in [-0.2, 0) is 11.2 Å². The van der Waals surface area contributed by atoms with Gasteiger partial charge in [-0.25, -0.2) is 10.4 Å². The fraction of sp³-hybridized carbons (Fsp3) is 0.467. The third kappa shape index (κ3) is 2.94. The first kappa shape index (κ1) is 14.9. The Kier molecular flexibility index (Phi) is 4.06. The number of carbonyl (C=O) groups is 1. The molecule has 1 aliphatic rings. The molecule has 0 saturated heterocycles. The minimum Gasteiger partial charge on any atom is -0.309 e. The van der Waals surface area contributed by atoms with Gasteiger partial charge in [-0.1, -0.05) is 0 Å². The standard InChI is InChI=1S/C15H18N4O2S/c1-8-9(2)22-15-13(8)14(21)16-11(17-15)7-12(20)19-18-10-5-3-4-6-10/h3-7H2,1-2H3,(H,19,20)(H,16,17,21). The number of hydrogen-bond acceptors (Lipinski definition) is 5. The smallest absolute Gasteiger partial charge is 0.259 e. The molecule has 0 aliphatic heterocycles. The number of aryl methyl sites for hydroxylation is 2. The Morgan fingerprint density at radius 2 is 2.09 bits per heavy atom. The molecule has 0 spiro atoms. The first-order valence-electron chi connectivity index (χ1n) is 7.38. The maximum atomic E-state index is 12.1. The van der Waals surface area contributed by atoms with Gasteiger partial charge in [0.1, 0.15) is 10.7 Å². The van der Waals surface area contributed by atoms with Crippen molar-refractivity contribution in [3.05, 3.63) is 26.6 Å². The van der Waals surface area contributed by atoms with Crippen molar-refractivity contribution in [3.8, 4) is 0 Å². The van der Waals surface area contributed by atoms with Crippen LogP contribution in [-0.4, -0.2) is 21.6 Å². The van der Waals surface area contributed by atoms with Crippen LogP contribution in [0.25, 0.3) is 10.2 Å². The van der Waals surface area contributed by atoms with Crippen LogP contribution in [0.4, 0.5) is 0 Å². The van der Waals surface area contributed by atoms with Crippen molar-refractivity contribution in [2.75, 3.05) is 0 Å². The second-order valence-corrected chi connectivity index (χ2v) is 6.78. The number of carbonyl (C=O) groups excluding carboxylic acids is 1. The molecular formula is C15H18N4O2S. The number of fused-ring (bicyclic) bond motifs is 1. The van der Waals surface area contributed by atoms with E-state index in [9.17, 15) is 9.59 Å². The van der Waals surface area contributed by atoms with E-state index in [-0.39, 0.29) is 17.9 Å². The van der Waals surface area contributed by atoms with Gasteiger partial charge in [0.25, 0.3) is 5.56 Å². The van der Waals surface area contributed by atoms with E-state index >= 15 is 0 Å². The molecule has 1 aliphatic carbocycles. The van der Waals surface area contributed by atoms with Gasteiger partial charge < -0.3 is 4.98 Å². The number of aromatic nitrogens is 2. The van der Waals surface area contributed by atoms with Crippen LogP contribution in [0.3, 0.4) is 0 Å². The van der Waals surface area contributed by atoms with E-state index in [4.69, 9.17) is 0 Å². The van der Waals surface area contributed by atoms with Gasteiger partial charge in [0.05, 0.1) is 11.8 Å². The van der Waals surface area contributed by atoms with Crippen LogP contribution in [0.5, 0.6) is 0 Å². The van der Waals surface area contributed by atoms with E-state index < -0.39 is 0 Å². The maximum Gasteiger partial charge on any atom is 0.259 e. The molecule has 0 aromatic carbocycles. The molecule has 1 fully saturated rings. The van der Waals surface area contributed by atoms with Gasteiger partial charge in [0.2, 0.25) is 5.91 Å². The van der Waals surface area contributed by atoms with Gasteiger partial charge in [-0.3, -0.25) is 9.59 Å². The van der Waals surface area contributed by atoms with Crippen molar-refractivity contribution >= 4 is 33.2 Å². The molecular weight excluding hydrogens is 300 g/mol. The third-order valence-electron chi connectivity index (χ3n) is 3.94. The van der Waals surface area contributed by atoms with E-state index in [2.05, 4.69) is 20.5 Å². The predicted octanol–water partition coefficient (Wildman–Crippen LogP) is 2.19. The Balaban J connectivity index is 1.77. The van der Waals surface area contributed by atoms with E-state index in [1.807, 2.05) is 13.8 Å². The molecule has 0 atom stereocenters. The topological polar surface area (TPSA) is 87.2 Å². The molecule has 1 saturated carbocycles. The minimum absolute atomic E-state index is 0.0257. The van der Waals surface area contributed by atoms with Gasteiger partial charge in [-0.15, -0.1) is 11.3 Å². The number of rotatable bonds is 3. The van der Waals surface area contributed by atoms with Gasteiger partial charge in [0.15, 0.2) is 0 Å². The van der Waals surface area contributed by atoms with Gasteiger partial charge >= 0.3 is 0 Å². The first-order chi connectivity index (χ1) is 10.5. The lowest BCUT2D eigenvalue weighted by Gasteiger charge is -2.02. The summed E-state index contributed by atoms with van der Waals surface area (Å²) in [4.78, 5) is 32.9. The van der Waals surface area contributed by atoms with Gasteiger partial charge in [-0.05, 0) is 45.1 Å². The molecule has 116 valence electrons. The molecule has 0 bridgehead atoms. The lowest BCUT2D eigenvalue weighted by atomic mass is 10.2. The predicted molar refractivity (Wildman–Crippen MR) is 87.5 cm³/mol. The second-order valence-electron chi connectivity index (χ2n) is 5.57. The summed E-state index contributed by atoms with van der Waals surface area (Å²) in [6.07, 6.45) is 4.21. The van der Waals surface area contributed by atoms with Crippen molar-refractivity contribution in [1.82, 2.24) is 15.4 Å². The van der Waals surface area contributed by atoms with Crippen LogP contribution in [0.15, 0.2) is 9.90 Å². The highest BCUT2D eigenvalue weighted by atomic mass is 32.1. The van der Waals surface area contributed by atoms with Crippen LogP contribution < -0.4 is 11.0 Å². The lowest BCUT2D eigenvalue weighted by molar-refractivity contribution is -0.120. The van der Waals surface area contributed by atoms with Crippen molar-refractivity contribution in [2.45, 2.75) is 46.0 Å². The van der Waals surface area contributed by atoms with E-state index in [1.54, 1.807) is 0 Å². The van der Waals surface area contributed by atoms with Gasteiger partial charge in [-0.2, -0.15) is 5.10 Å². The average molecular weight is 318 g/mol. The van der Waals surface area contributed by atoms with Crippen LogP contribution >= 0.6 is 11.3 Å². The summed E-state index contributed by atoms with van der Waals surface area (Å²) in [5.41, 5.74) is 4.36. The fourth-order valence-corrected chi connectivity index (χ4v) is 3.66. The Labute approximate surface area is 131 Å². The number of nitrogens with zero attached hydrogens (tertiary/aromatic N) is 2. The molecule has 6 nitrogen and oxygen atoms in total. The van der Waals surface area contributed by atoms with Crippen molar-refractivity contribution in [1.29, 1.82) is 0 Å². The molecule has 0 unspecified atom stereocenters. The van der Waals surface area contributed by atoms with E-state index in [1.165, 1.54) is 11.3 Å². The SMILES string of the molecule is Cc1sc2nc(CC(=O)NN=C3CCCC3)[nH]c(=O)c2c1C. The number of H-pyrrole nitrogens is 1. The highest BCUT2D eigenvalue weighted by Crippen LogP contribution is 2.25. The van der Waals surface area contributed by atoms with Crippen LogP contribution in [0.2, 0.25) is 0 Å². The van der Waals surface area contributed by atoms with Crippen molar-refractivity contribution in [3.63, 3.8) is 0 Å². The van der Waals surface area contributed by atoms with E-state index in [0.717, 1.165) is 41.8 Å². The molecule has 7 heteroatoms. The summed E-state index contributed by atoms with van der Waals surface area (Å²) in [7, 11) is 0. The van der Waals surface area contributed by atoms with Crippen molar-refractivity contribution in [2.24, 2.45) is 5.10 Å².